The molecule has 0 heterocycles. The van der Waals surface area contributed by atoms with Crippen molar-refractivity contribution in [2.75, 3.05) is 19.0 Å². The SMILES string of the molecule is CN(C)c1cccc(C(=O)NC2(c3ccccc3)CC2)c1. The molecule has 1 fully saturated rings. The normalized spacial score (nSPS) is 15.3. The van der Waals surface area contributed by atoms with Crippen molar-refractivity contribution in [1.29, 1.82) is 0 Å². The number of nitrogens with one attached hydrogen (secondary N) is 1. The van der Waals surface area contributed by atoms with Crippen molar-refractivity contribution in [3.63, 3.8) is 0 Å². The molecule has 1 aliphatic rings. The lowest BCUT2D eigenvalue weighted by Gasteiger charge is -2.19. The van der Waals surface area contributed by atoms with Gasteiger partial charge in [0.2, 0.25) is 0 Å². The molecular formula is C18H20N2O. The van der Waals surface area contributed by atoms with E-state index >= 15 is 0 Å². The van der Waals surface area contributed by atoms with E-state index in [1.807, 2.05) is 61.5 Å². The minimum absolute atomic E-state index is 0.0000491. The summed E-state index contributed by atoms with van der Waals surface area (Å²) in [7, 11) is 3.95. The van der Waals surface area contributed by atoms with Gasteiger partial charge in [-0.15, -0.1) is 0 Å². The van der Waals surface area contributed by atoms with Gasteiger partial charge in [-0.05, 0) is 36.6 Å². The van der Waals surface area contributed by atoms with Crippen LogP contribution in [0.4, 0.5) is 5.69 Å². The molecule has 108 valence electrons. The summed E-state index contributed by atoms with van der Waals surface area (Å²) in [6.07, 6.45) is 2.02. The van der Waals surface area contributed by atoms with Gasteiger partial charge in [-0.2, -0.15) is 0 Å². The van der Waals surface area contributed by atoms with Crippen molar-refractivity contribution in [2.45, 2.75) is 18.4 Å². The molecule has 0 saturated heterocycles. The summed E-state index contributed by atoms with van der Waals surface area (Å²) in [6, 6.07) is 17.9. The van der Waals surface area contributed by atoms with E-state index < -0.39 is 0 Å². The molecule has 2 aromatic carbocycles. The van der Waals surface area contributed by atoms with Gasteiger partial charge in [0.25, 0.3) is 5.91 Å². The van der Waals surface area contributed by atoms with Gasteiger partial charge in [0, 0.05) is 25.3 Å². The zero-order valence-corrected chi connectivity index (χ0v) is 12.5. The van der Waals surface area contributed by atoms with Crippen molar-refractivity contribution in [2.24, 2.45) is 0 Å². The van der Waals surface area contributed by atoms with E-state index in [2.05, 4.69) is 17.4 Å². The van der Waals surface area contributed by atoms with Crippen LogP contribution in [0, 0.1) is 0 Å². The monoisotopic (exact) mass is 280 g/mol. The molecule has 3 heteroatoms. The summed E-state index contributed by atoms with van der Waals surface area (Å²) >= 11 is 0. The molecule has 1 amide bonds. The number of amides is 1. The number of hydrogen-bond donors (Lipinski definition) is 1. The number of nitrogens with zero attached hydrogens (tertiary/aromatic N) is 1. The zero-order valence-electron chi connectivity index (χ0n) is 12.5. The average Bonchev–Trinajstić information content (AvgIpc) is 3.29. The highest BCUT2D eigenvalue weighted by Crippen LogP contribution is 2.45. The van der Waals surface area contributed by atoms with Crippen molar-refractivity contribution in [3.8, 4) is 0 Å². The smallest absolute Gasteiger partial charge is 0.252 e. The number of rotatable bonds is 4. The Labute approximate surface area is 125 Å². The topological polar surface area (TPSA) is 32.3 Å². The van der Waals surface area contributed by atoms with Crippen molar-refractivity contribution >= 4 is 11.6 Å². The predicted octanol–water partition coefficient (Wildman–Crippen LogP) is 3.17. The molecule has 0 radical (unpaired) electrons. The van der Waals surface area contributed by atoms with Gasteiger partial charge in [-0.1, -0.05) is 36.4 Å². The summed E-state index contributed by atoms with van der Waals surface area (Å²) in [4.78, 5) is 14.5. The quantitative estimate of drug-likeness (QED) is 0.933. The first-order valence-electron chi connectivity index (χ1n) is 7.26. The van der Waals surface area contributed by atoms with Crippen LogP contribution in [0.1, 0.15) is 28.8 Å². The fourth-order valence-corrected chi connectivity index (χ4v) is 2.58. The van der Waals surface area contributed by atoms with E-state index in [0.29, 0.717) is 5.56 Å². The first-order chi connectivity index (χ1) is 10.1. The van der Waals surface area contributed by atoms with Gasteiger partial charge in [-0.3, -0.25) is 4.79 Å². The molecule has 1 N–H and O–H groups in total. The molecule has 0 unspecified atom stereocenters. The molecule has 1 saturated carbocycles. The molecule has 3 nitrogen and oxygen atoms in total. The largest absolute Gasteiger partial charge is 0.378 e. The first kappa shape index (κ1) is 13.7. The summed E-state index contributed by atoms with van der Waals surface area (Å²) in [5, 5.41) is 3.21. The van der Waals surface area contributed by atoms with Gasteiger partial charge in [0.1, 0.15) is 0 Å². The lowest BCUT2D eigenvalue weighted by atomic mass is 10.0. The Kier molecular flexibility index (Phi) is 3.42. The number of hydrogen-bond acceptors (Lipinski definition) is 2. The van der Waals surface area contributed by atoms with Gasteiger partial charge in [0.15, 0.2) is 0 Å². The molecule has 0 spiro atoms. The highest BCUT2D eigenvalue weighted by molar-refractivity contribution is 5.96. The molecule has 3 rings (SSSR count). The summed E-state index contributed by atoms with van der Waals surface area (Å²) in [5.41, 5.74) is 2.78. The lowest BCUT2D eigenvalue weighted by Crippen LogP contribution is -2.34. The Bertz CT molecular complexity index is 645. The first-order valence-corrected chi connectivity index (χ1v) is 7.26. The fourth-order valence-electron chi connectivity index (χ4n) is 2.58. The minimum atomic E-state index is -0.160. The molecule has 0 aromatic heterocycles. The third kappa shape index (κ3) is 2.77. The Morgan fingerprint density at radius 3 is 2.38 bits per heavy atom. The van der Waals surface area contributed by atoms with E-state index in [9.17, 15) is 4.79 Å². The zero-order chi connectivity index (χ0) is 14.9. The molecular weight excluding hydrogens is 260 g/mol. The van der Waals surface area contributed by atoms with Gasteiger partial charge in [-0.25, -0.2) is 0 Å². The molecule has 21 heavy (non-hydrogen) atoms. The standard InChI is InChI=1S/C18H20N2O/c1-20(2)16-10-6-7-14(13-16)17(21)19-18(11-12-18)15-8-4-3-5-9-15/h3-10,13H,11-12H2,1-2H3,(H,19,21). The molecule has 1 aliphatic carbocycles. The summed E-state index contributed by atoms with van der Waals surface area (Å²) in [5.74, 6) is 0.0000491. The average molecular weight is 280 g/mol. The van der Waals surface area contributed by atoms with Crippen LogP contribution in [0.25, 0.3) is 0 Å². The van der Waals surface area contributed by atoms with Crippen molar-refractivity contribution in [1.82, 2.24) is 5.32 Å². The van der Waals surface area contributed by atoms with Crippen LogP contribution in [0.5, 0.6) is 0 Å². The highest BCUT2D eigenvalue weighted by Gasteiger charge is 2.45. The van der Waals surface area contributed by atoms with E-state index in [1.54, 1.807) is 0 Å². The van der Waals surface area contributed by atoms with Crippen LogP contribution in [-0.2, 0) is 5.54 Å². The second-order valence-electron chi connectivity index (χ2n) is 5.85. The van der Waals surface area contributed by atoms with Crippen LogP contribution >= 0.6 is 0 Å². The summed E-state index contributed by atoms with van der Waals surface area (Å²) < 4.78 is 0. The number of carbonyl (C=O) groups is 1. The van der Waals surface area contributed by atoms with Crippen LogP contribution < -0.4 is 10.2 Å². The minimum Gasteiger partial charge on any atom is -0.378 e. The van der Waals surface area contributed by atoms with Gasteiger partial charge in [0.05, 0.1) is 5.54 Å². The lowest BCUT2D eigenvalue weighted by molar-refractivity contribution is 0.0931. The number of anilines is 1. The maximum absolute atomic E-state index is 12.5. The maximum Gasteiger partial charge on any atom is 0.252 e. The second kappa shape index (κ2) is 5.24. The van der Waals surface area contributed by atoms with E-state index in [1.165, 1.54) is 5.56 Å². The van der Waals surface area contributed by atoms with Gasteiger partial charge < -0.3 is 10.2 Å². The van der Waals surface area contributed by atoms with Crippen LogP contribution in [0.3, 0.4) is 0 Å². The number of carbonyl (C=O) groups excluding carboxylic acids is 1. The van der Waals surface area contributed by atoms with E-state index in [-0.39, 0.29) is 11.4 Å². The van der Waals surface area contributed by atoms with Crippen molar-refractivity contribution in [3.05, 3.63) is 65.7 Å². The molecule has 2 aromatic rings. The van der Waals surface area contributed by atoms with Crippen LogP contribution in [0.15, 0.2) is 54.6 Å². The Morgan fingerprint density at radius 2 is 1.76 bits per heavy atom. The fraction of sp³-hybridized carbons (Fsp3) is 0.278. The van der Waals surface area contributed by atoms with E-state index in [4.69, 9.17) is 0 Å². The predicted molar refractivity (Wildman–Crippen MR) is 85.6 cm³/mol. The molecule has 0 aliphatic heterocycles. The Hall–Kier alpha value is -2.29. The third-order valence-corrected chi connectivity index (χ3v) is 4.05. The summed E-state index contributed by atoms with van der Waals surface area (Å²) in [6.45, 7) is 0. The Morgan fingerprint density at radius 1 is 1.05 bits per heavy atom. The highest BCUT2D eigenvalue weighted by atomic mass is 16.1. The maximum atomic E-state index is 12.5. The Balaban J connectivity index is 1.80. The van der Waals surface area contributed by atoms with Gasteiger partial charge >= 0.3 is 0 Å². The molecule has 0 bridgehead atoms. The third-order valence-electron chi connectivity index (χ3n) is 4.05. The van der Waals surface area contributed by atoms with Crippen LogP contribution in [-0.4, -0.2) is 20.0 Å². The van der Waals surface area contributed by atoms with Crippen LogP contribution in [0.2, 0.25) is 0 Å². The van der Waals surface area contributed by atoms with Crippen molar-refractivity contribution < 1.29 is 4.79 Å². The number of benzene rings is 2. The second-order valence-corrected chi connectivity index (χ2v) is 5.85. The molecule has 0 atom stereocenters. The van der Waals surface area contributed by atoms with E-state index in [0.717, 1.165) is 18.5 Å².